The summed E-state index contributed by atoms with van der Waals surface area (Å²) >= 11 is 0. The highest BCUT2D eigenvalue weighted by molar-refractivity contribution is 5.96. The van der Waals surface area contributed by atoms with Gasteiger partial charge in [-0.3, -0.25) is 9.69 Å². The second-order valence-electron chi connectivity index (χ2n) is 7.59. The largest absolute Gasteiger partial charge is 0.493 e. The molecule has 2 aliphatic heterocycles. The van der Waals surface area contributed by atoms with Gasteiger partial charge in [-0.05, 0) is 24.6 Å². The maximum atomic E-state index is 12.9. The van der Waals surface area contributed by atoms with E-state index in [0.29, 0.717) is 49.6 Å². The van der Waals surface area contributed by atoms with Gasteiger partial charge in [0.15, 0.2) is 6.29 Å². The number of benzene rings is 1. The molecule has 8 nitrogen and oxygen atoms in total. The molecule has 0 radical (unpaired) electrons. The number of ether oxygens (including phenoxy) is 3. The number of carbonyl (C=O) groups excluding carboxylic acids is 1. The van der Waals surface area contributed by atoms with E-state index in [2.05, 4.69) is 4.90 Å². The molecule has 8 heteroatoms. The lowest BCUT2D eigenvalue weighted by atomic mass is 10.1. The summed E-state index contributed by atoms with van der Waals surface area (Å²) in [4.78, 5) is 29.4. The van der Waals surface area contributed by atoms with Gasteiger partial charge < -0.3 is 23.5 Å². The van der Waals surface area contributed by atoms with Gasteiger partial charge in [0, 0.05) is 50.6 Å². The molecule has 2 saturated heterocycles. The summed E-state index contributed by atoms with van der Waals surface area (Å²) in [5, 5.41) is 0.706. The number of fused-ring (bicyclic) bond motifs is 1. The van der Waals surface area contributed by atoms with Crippen LogP contribution in [0.25, 0.3) is 11.0 Å². The molecule has 1 amide bonds. The van der Waals surface area contributed by atoms with Gasteiger partial charge >= 0.3 is 5.63 Å². The summed E-state index contributed by atoms with van der Waals surface area (Å²) in [6.07, 6.45) is 1.61. The maximum absolute atomic E-state index is 12.9. The van der Waals surface area contributed by atoms with Gasteiger partial charge in [-0.15, -0.1) is 0 Å². The molecule has 0 unspecified atom stereocenters. The molecule has 0 bridgehead atoms. The third kappa shape index (κ3) is 4.83. The van der Waals surface area contributed by atoms with Crippen LogP contribution >= 0.6 is 0 Å². The Kier molecular flexibility index (Phi) is 6.66. The minimum Gasteiger partial charge on any atom is -0.493 e. The van der Waals surface area contributed by atoms with Crippen molar-refractivity contribution in [2.24, 2.45) is 0 Å². The molecule has 0 atom stereocenters. The van der Waals surface area contributed by atoms with Crippen LogP contribution in [0.15, 0.2) is 33.5 Å². The van der Waals surface area contributed by atoms with Gasteiger partial charge in [-0.2, -0.15) is 0 Å². The van der Waals surface area contributed by atoms with Gasteiger partial charge in [0.05, 0.1) is 19.8 Å². The smallest absolute Gasteiger partial charge is 0.349 e. The fraction of sp³-hybridized carbons (Fsp3) is 0.545. The van der Waals surface area contributed by atoms with Crippen molar-refractivity contribution in [2.75, 3.05) is 52.5 Å². The predicted molar refractivity (Wildman–Crippen MR) is 111 cm³/mol. The fourth-order valence-electron chi connectivity index (χ4n) is 3.76. The van der Waals surface area contributed by atoms with E-state index in [1.54, 1.807) is 17.0 Å². The average molecular weight is 416 g/mol. The molecular formula is C22H28N2O6. The summed E-state index contributed by atoms with van der Waals surface area (Å²) in [5.74, 6) is 0.371. The quantitative estimate of drug-likeness (QED) is 0.640. The van der Waals surface area contributed by atoms with Crippen LogP contribution in [0.4, 0.5) is 0 Å². The van der Waals surface area contributed by atoms with E-state index in [1.807, 2.05) is 19.1 Å². The van der Waals surface area contributed by atoms with Crippen molar-refractivity contribution in [3.63, 3.8) is 0 Å². The number of piperazine rings is 1. The number of hydrogen-bond acceptors (Lipinski definition) is 7. The molecule has 162 valence electrons. The number of nitrogens with zero attached hydrogens (tertiary/aromatic N) is 2. The first-order chi connectivity index (χ1) is 14.6. The van der Waals surface area contributed by atoms with E-state index in [9.17, 15) is 9.59 Å². The molecule has 0 saturated carbocycles. The van der Waals surface area contributed by atoms with Crippen LogP contribution in [-0.2, 0) is 9.47 Å². The lowest BCUT2D eigenvalue weighted by Gasteiger charge is -2.34. The third-order valence-corrected chi connectivity index (χ3v) is 5.44. The van der Waals surface area contributed by atoms with Crippen molar-refractivity contribution in [3.8, 4) is 5.75 Å². The van der Waals surface area contributed by atoms with Crippen molar-refractivity contribution in [2.45, 2.75) is 26.1 Å². The van der Waals surface area contributed by atoms with Crippen molar-refractivity contribution in [3.05, 3.63) is 40.2 Å². The topological polar surface area (TPSA) is 81.5 Å². The molecule has 0 aliphatic carbocycles. The Morgan fingerprint density at radius 2 is 1.90 bits per heavy atom. The fourth-order valence-corrected chi connectivity index (χ4v) is 3.76. The van der Waals surface area contributed by atoms with Gasteiger partial charge in [0.2, 0.25) is 0 Å². The zero-order valence-corrected chi connectivity index (χ0v) is 17.3. The van der Waals surface area contributed by atoms with Crippen LogP contribution in [0.1, 0.15) is 30.1 Å². The SMILES string of the molecule is CCCOc1ccc2cc(C(=O)N3CCN(CCC4OCCO4)CC3)c(=O)oc2c1. The van der Waals surface area contributed by atoms with Crippen LogP contribution in [-0.4, -0.2) is 74.5 Å². The summed E-state index contributed by atoms with van der Waals surface area (Å²) < 4.78 is 21.9. The Morgan fingerprint density at radius 3 is 2.63 bits per heavy atom. The number of amides is 1. The Hall–Kier alpha value is -2.42. The van der Waals surface area contributed by atoms with Crippen molar-refractivity contribution in [1.82, 2.24) is 9.80 Å². The normalized spacial score (nSPS) is 18.2. The lowest BCUT2D eigenvalue weighted by Crippen LogP contribution is -2.49. The van der Waals surface area contributed by atoms with E-state index in [1.165, 1.54) is 0 Å². The Balaban J connectivity index is 1.38. The van der Waals surface area contributed by atoms with E-state index >= 15 is 0 Å². The number of hydrogen-bond donors (Lipinski definition) is 0. The highest BCUT2D eigenvalue weighted by Crippen LogP contribution is 2.21. The first kappa shape index (κ1) is 20.8. The summed E-state index contributed by atoms with van der Waals surface area (Å²) in [5.41, 5.74) is -0.115. The van der Waals surface area contributed by atoms with Gasteiger partial charge in [0.1, 0.15) is 16.9 Å². The number of carbonyl (C=O) groups is 1. The molecule has 30 heavy (non-hydrogen) atoms. The lowest BCUT2D eigenvalue weighted by molar-refractivity contribution is -0.0529. The van der Waals surface area contributed by atoms with E-state index in [0.717, 1.165) is 32.5 Å². The predicted octanol–water partition coefficient (Wildman–Crippen LogP) is 2.10. The summed E-state index contributed by atoms with van der Waals surface area (Å²) in [7, 11) is 0. The molecule has 3 heterocycles. The molecule has 2 aliphatic rings. The molecule has 2 fully saturated rings. The van der Waals surface area contributed by atoms with E-state index in [4.69, 9.17) is 18.6 Å². The van der Waals surface area contributed by atoms with Crippen molar-refractivity contribution >= 4 is 16.9 Å². The van der Waals surface area contributed by atoms with Crippen LogP contribution in [0.3, 0.4) is 0 Å². The van der Waals surface area contributed by atoms with E-state index < -0.39 is 5.63 Å². The maximum Gasteiger partial charge on any atom is 0.349 e. The second-order valence-corrected chi connectivity index (χ2v) is 7.59. The minimum atomic E-state index is -0.613. The molecule has 4 rings (SSSR count). The molecule has 0 spiro atoms. The Labute approximate surface area is 175 Å². The molecule has 2 aromatic rings. The van der Waals surface area contributed by atoms with Crippen LogP contribution in [0, 0.1) is 0 Å². The standard InChI is InChI=1S/C22H28N2O6/c1-2-11-27-17-4-3-16-14-18(22(26)30-19(16)15-17)21(25)24-9-7-23(8-10-24)6-5-20-28-12-13-29-20/h3-4,14-15,20H,2,5-13H2,1H3. The zero-order valence-electron chi connectivity index (χ0n) is 17.3. The van der Waals surface area contributed by atoms with Crippen LogP contribution in [0.5, 0.6) is 5.75 Å². The summed E-state index contributed by atoms with van der Waals surface area (Å²) in [6.45, 7) is 7.48. The van der Waals surface area contributed by atoms with Crippen molar-refractivity contribution in [1.29, 1.82) is 0 Å². The molecule has 0 N–H and O–H groups in total. The monoisotopic (exact) mass is 416 g/mol. The van der Waals surface area contributed by atoms with Gasteiger partial charge in [0.25, 0.3) is 5.91 Å². The second kappa shape index (κ2) is 9.59. The Morgan fingerprint density at radius 1 is 1.13 bits per heavy atom. The van der Waals surface area contributed by atoms with Gasteiger partial charge in [-0.25, -0.2) is 4.79 Å². The van der Waals surface area contributed by atoms with Crippen LogP contribution in [0.2, 0.25) is 0 Å². The number of rotatable bonds is 7. The minimum absolute atomic E-state index is 0.0749. The highest BCUT2D eigenvalue weighted by atomic mass is 16.7. The van der Waals surface area contributed by atoms with Crippen LogP contribution < -0.4 is 10.4 Å². The zero-order chi connectivity index (χ0) is 20.9. The highest BCUT2D eigenvalue weighted by Gasteiger charge is 2.26. The first-order valence-electron chi connectivity index (χ1n) is 10.6. The molecular weight excluding hydrogens is 388 g/mol. The molecule has 1 aromatic heterocycles. The molecule has 1 aromatic carbocycles. The van der Waals surface area contributed by atoms with E-state index in [-0.39, 0.29) is 17.8 Å². The Bertz CT molecular complexity index is 929. The van der Waals surface area contributed by atoms with Crippen molar-refractivity contribution < 1.29 is 23.4 Å². The van der Waals surface area contributed by atoms with Gasteiger partial charge in [-0.1, -0.05) is 6.92 Å². The average Bonchev–Trinajstić information content (AvgIpc) is 3.29. The third-order valence-electron chi connectivity index (χ3n) is 5.44. The first-order valence-corrected chi connectivity index (χ1v) is 10.6. The summed E-state index contributed by atoms with van der Waals surface area (Å²) in [6, 6.07) is 6.94.